The summed E-state index contributed by atoms with van der Waals surface area (Å²) in [5.41, 5.74) is 1.58. The summed E-state index contributed by atoms with van der Waals surface area (Å²) < 4.78 is 7.38. The highest BCUT2D eigenvalue weighted by molar-refractivity contribution is 7.19. The number of carbonyl (C=O) groups is 1. The first kappa shape index (κ1) is 18.3. The quantitative estimate of drug-likeness (QED) is 0.462. The maximum atomic E-state index is 12.4. The summed E-state index contributed by atoms with van der Waals surface area (Å²) in [7, 11) is 0. The Morgan fingerprint density at radius 2 is 1.90 bits per heavy atom. The zero-order valence-corrected chi connectivity index (χ0v) is 16.9. The number of benzene rings is 3. The van der Waals surface area contributed by atoms with Crippen molar-refractivity contribution in [2.24, 2.45) is 0 Å². The molecular weight excluding hydrogens is 398 g/mol. The fourth-order valence-corrected chi connectivity index (χ4v) is 4.05. The Hall–Kier alpha value is -3.78. The first-order chi connectivity index (χ1) is 14.7. The van der Waals surface area contributed by atoms with Crippen molar-refractivity contribution in [3.05, 3.63) is 72.6 Å². The Labute approximate surface area is 176 Å². The van der Waals surface area contributed by atoms with Crippen molar-refractivity contribution in [3.8, 4) is 16.3 Å². The number of rotatable bonds is 5. The molecule has 0 aliphatic carbocycles. The van der Waals surface area contributed by atoms with Gasteiger partial charge in [0.15, 0.2) is 12.4 Å². The van der Waals surface area contributed by atoms with Crippen LogP contribution in [0.1, 0.15) is 5.82 Å². The molecular formula is C22H17N5O2S. The predicted octanol–water partition coefficient (Wildman–Crippen LogP) is 4.33. The fourth-order valence-electron chi connectivity index (χ4n) is 3.16. The highest BCUT2D eigenvalue weighted by Gasteiger charge is 2.11. The van der Waals surface area contributed by atoms with Gasteiger partial charge in [0.2, 0.25) is 4.96 Å². The van der Waals surface area contributed by atoms with Gasteiger partial charge in [-0.15, -0.1) is 10.2 Å². The summed E-state index contributed by atoms with van der Waals surface area (Å²) in [5.74, 6) is 1.17. The first-order valence-corrected chi connectivity index (χ1v) is 10.2. The topological polar surface area (TPSA) is 81.4 Å². The van der Waals surface area contributed by atoms with Crippen molar-refractivity contribution in [2.75, 3.05) is 11.9 Å². The van der Waals surface area contributed by atoms with Crippen LogP contribution in [0.15, 0.2) is 66.7 Å². The van der Waals surface area contributed by atoms with Gasteiger partial charge < -0.3 is 10.1 Å². The van der Waals surface area contributed by atoms with Crippen molar-refractivity contribution in [2.45, 2.75) is 6.92 Å². The molecule has 1 amide bonds. The SMILES string of the molecule is Cc1nnc2sc(-c3cccc(NC(=O)COc4ccc5ccccc5c4)c3)nn12. The van der Waals surface area contributed by atoms with E-state index in [4.69, 9.17) is 4.74 Å². The van der Waals surface area contributed by atoms with E-state index in [1.54, 1.807) is 4.52 Å². The molecule has 0 saturated carbocycles. The van der Waals surface area contributed by atoms with E-state index in [0.29, 0.717) is 11.4 Å². The summed E-state index contributed by atoms with van der Waals surface area (Å²) in [4.78, 5) is 13.1. The third-order valence-corrected chi connectivity index (χ3v) is 5.58. The van der Waals surface area contributed by atoms with E-state index in [9.17, 15) is 4.79 Å². The van der Waals surface area contributed by atoms with Crippen molar-refractivity contribution in [1.82, 2.24) is 19.8 Å². The van der Waals surface area contributed by atoms with Gasteiger partial charge in [-0.05, 0) is 42.0 Å². The second kappa shape index (κ2) is 7.57. The highest BCUT2D eigenvalue weighted by Crippen LogP contribution is 2.27. The van der Waals surface area contributed by atoms with Gasteiger partial charge in [-0.2, -0.15) is 9.61 Å². The van der Waals surface area contributed by atoms with E-state index in [2.05, 4.69) is 20.6 Å². The van der Waals surface area contributed by atoms with E-state index in [1.807, 2.05) is 73.7 Å². The molecule has 0 bridgehead atoms. The van der Waals surface area contributed by atoms with Crippen molar-refractivity contribution in [1.29, 1.82) is 0 Å². The third-order valence-electron chi connectivity index (χ3n) is 4.63. The molecule has 0 aliphatic heterocycles. The third kappa shape index (κ3) is 3.60. The Kier molecular flexibility index (Phi) is 4.61. The minimum Gasteiger partial charge on any atom is -0.484 e. The lowest BCUT2D eigenvalue weighted by Gasteiger charge is -2.09. The molecule has 3 aromatic carbocycles. The predicted molar refractivity (Wildman–Crippen MR) is 117 cm³/mol. The Balaban J connectivity index is 1.27. The number of nitrogens with zero attached hydrogens (tertiary/aromatic N) is 4. The van der Waals surface area contributed by atoms with Gasteiger partial charge in [-0.1, -0.05) is 53.8 Å². The number of hydrogen-bond donors (Lipinski definition) is 1. The van der Waals surface area contributed by atoms with Crippen molar-refractivity contribution >= 4 is 38.7 Å². The van der Waals surface area contributed by atoms with Crippen LogP contribution < -0.4 is 10.1 Å². The number of carbonyl (C=O) groups excluding carboxylic acids is 1. The largest absolute Gasteiger partial charge is 0.484 e. The van der Waals surface area contributed by atoms with E-state index in [0.717, 1.165) is 32.1 Å². The molecule has 0 spiro atoms. The lowest BCUT2D eigenvalue weighted by molar-refractivity contribution is -0.118. The van der Waals surface area contributed by atoms with Crippen LogP contribution in [0.4, 0.5) is 5.69 Å². The number of ether oxygens (including phenoxy) is 1. The summed E-state index contributed by atoms with van der Waals surface area (Å²) in [5, 5.41) is 18.5. The summed E-state index contributed by atoms with van der Waals surface area (Å²) in [6.45, 7) is 1.79. The van der Waals surface area contributed by atoms with Gasteiger partial charge in [0, 0.05) is 11.3 Å². The maximum Gasteiger partial charge on any atom is 0.262 e. The van der Waals surface area contributed by atoms with Crippen molar-refractivity contribution in [3.63, 3.8) is 0 Å². The van der Waals surface area contributed by atoms with Crippen LogP contribution in [0.5, 0.6) is 5.75 Å². The molecule has 0 saturated heterocycles. The molecule has 0 unspecified atom stereocenters. The van der Waals surface area contributed by atoms with Gasteiger partial charge >= 0.3 is 0 Å². The molecule has 0 radical (unpaired) electrons. The highest BCUT2D eigenvalue weighted by atomic mass is 32.1. The van der Waals surface area contributed by atoms with E-state index in [-0.39, 0.29) is 12.5 Å². The monoisotopic (exact) mass is 415 g/mol. The van der Waals surface area contributed by atoms with Crippen LogP contribution >= 0.6 is 11.3 Å². The number of hydrogen-bond acceptors (Lipinski definition) is 6. The number of nitrogens with one attached hydrogen (secondary N) is 1. The van der Waals surface area contributed by atoms with E-state index in [1.165, 1.54) is 11.3 Å². The lowest BCUT2D eigenvalue weighted by Crippen LogP contribution is -2.20. The molecule has 0 aliphatic rings. The van der Waals surface area contributed by atoms with Crippen LogP contribution in [0, 0.1) is 6.92 Å². The Bertz CT molecular complexity index is 1370. The average molecular weight is 415 g/mol. The van der Waals surface area contributed by atoms with E-state index >= 15 is 0 Å². The second-order valence-corrected chi connectivity index (χ2v) is 7.73. The van der Waals surface area contributed by atoms with Gasteiger partial charge in [0.25, 0.3) is 5.91 Å². The first-order valence-electron chi connectivity index (χ1n) is 9.36. The number of anilines is 1. The zero-order chi connectivity index (χ0) is 20.5. The molecule has 2 aromatic heterocycles. The van der Waals surface area contributed by atoms with Crippen LogP contribution in [0.25, 0.3) is 26.3 Å². The second-order valence-electron chi connectivity index (χ2n) is 6.78. The molecule has 2 heterocycles. The summed E-state index contributed by atoms with van der Waals surface area (Å²) in [6.07, 6.45) is 0. The van der Waals surface area contributed by atoms with Crippen LogP contribution in [-0.4, -0.2) is 32.3 Å². The number of amides is 1. The molecule has 5 aromatic rings. The maximum absolute atomic E-state index is 12.4. The lowest BCUT2D eigenvalue weighted by atomic mass is 10.1. The zero-order valence-electron chi connectivity index (χ0n) is 16.1. The Morgan fingerprint density at radius 3 is 2.77 bits per heavy atom. The molecule has 5 rings (SSSR count). The minimum atomic E-state index is -0.228. The number of aryl methyl sites for hydroxylation is 1. The van der Waals surface area contributed by atoms with Gasteiger partial charge in [0.05, 0.1) is 0 Å². The minimum absolute atomic E-state index is 0.0709. The van der Waals surface area contributed by atoms with Gasteiger partial charge in [0.1, 0.15) is 10.8 Å². The molecule has 0 atom stereocenters. The van der Waals surface area contributed by atoms with Crippen LogP contribution in [0.2, 0.25) is 0 Å². The molecule has 148 valence electrons. The molecule has 0 fully saturated rings. The molecule has 7 nitrogen and oxygen atoms in total. The van der Waals surface area contributed by atoms with E-state index < -0.39 is 0 Å². The standard InChI is InChI=1S/C22H17N5O2S/c1-14-24-25-22-27(14)26-21(30-22)17-7-4-8-18(11-17)23-20(28)13-29-19-10-9-15-5-2-3-6-16(15)12-19/h2-12H,13H2,1H3,(H,23,28). The number of fused-ring (bicyclic) bond motifs is 2. The fraction of sp³-hybridized carbons (Fsp3) is 0.0909. The molecule has 1 N–H and O–H groups in total. The smallest absolute Gasteiger partial charge is 0.262 e. The van der Waals surface area contributed by atoms with Crippen molar-refractivity contribution < 1.29 is 9.53 Å². The van der Waals surface area contributed by atoms with Crippen LogP contribution in [-0.2, 0) is 4.79 Å². The molecule has 30 heavy (non-hydrogen) atoms. The van der Waals surface area contributed by atoms with Gasteiger partial charge in [-0.3, -0.25) is 4.79 Å². The molecule has 8 heteroatoms. The average Bonchev–Trinajstić information content (AvgIpc) is 3.34. The van der Waals surface area contributed by atoms with Crippen LogP contribution in [0.3, 0.4) is 0 Å². The summed E-state index contributed by atoms with van der Waals surface area (Å²) in [6, 6.07) is 21.3. The number of aromatic nitrogens is 4. The van der Waals surface area contributed by atoms with Gasteiger partial charge in [-0.25, -0.2) is 0 Å². The Morgan fingerprint density at radius 1 is 1.03 bits per heavy atom. The normalized spacial score (nSPS) is 11.1. The summed E-state index contributed by atoms with van der Waals surface area (Å²) >= 11 is 1.45.